The second kappa shape index (κ2) is 6.20. The second-order valence-electron chi connectivity index (χ2n) is 5.54. The standard InChI is InChI=1S/C14H15BrF2N2O3/c1-14(12(20)21)2-3-19(7-14)13(22)18-6-9-10(16)4-8(15)5-11(9)17/h4-5H,2-3,6-7H2,1H3,(H,18,22)(H,20,21). The highest BCUT2D eigenvalue weighted by molar-refractivity contribution is 9.10. The molecule has 1 aliphatic rings. The molecule has 0 saturated carbocycles. The molecule has 1 aromatic carbocycles. The number of carboxylic acid groups (broad SMARTS) is 1. The van der Waals surface area contributed by atoms with Crippen LogP contribution < -0.4 is 5.32 Å². The molecule has 1 aliphatic heterocycles. The third-order valence-corrected chi connectivity index (χ3v) is 4.26. The van der Waals surface area contributed by atoms with E-state index in [1.807, 2.05) is 0 Å². The van der Waals surface area contributed by atoms with Crippen LogP contribution in [0.4, 0.5) is 13.6 Å². The quantitative estimate of drug-likeness (QED) is 0.851. The van der Waals surface area contributed by atoms with Crippen molar-refractivity contribution < 1.29 is 23.5 Å². The molecule has 0 aliphatic carbocycles. The van der Waals surface area contributed by atoms with Gasteiger partial charge in [0.1, 0.15) is 11.6 Å². The van der Waals surface area contributed by atoms with E-state index in [2.05, 4.69) is 21.2 Å². The molecule has 1 unspecified atom stereocenters. The highest BCUT2D eigenvalue weighted by atomic mass is 79.9. The van der Waals surface area contributed by atoms with Crippen molar-refractivity contribution in [1.29, 1.82) is 0 Å². The van der Waals surface area contributed by atoms with E-state index >= 15 is 0 Å². The first-order valence-electron chi connectivity index (χ1n) is 6.62. The lowest BCUT2D eigenvalue weighted by Gasteiger charge is -2.20. The van der Waals surface area contributed by atoms with Gasteiger partial charge in [0.2, 0.25) is 0 Å². The minimum atomic E-state index is -0.981. The number of nitrogens with one attached hydrogen (secondary N) is 1. The van der Waals surface area contributed by atoms with E-state index in [9.17, 15) is 18.4 Å². The zero-order valence-corrected chi connectivity index (χ0v) is 13.4. The number of nitrogens with zero attached hydrogens (tertiary/aromatic N) is 1. The summed E-state index contributed by atoms with van der Waals surface area (Å²) in [5.41, 5.74) is -1.22. The van der Waals surface area contributed by atoms with Crippen LogP contribution in [-0.4, -0.2) is 35.1 Å². The molecular formula is C14H15BrF2N2O3. The Balaban J connectivity index is 1.99. The first-order chi connectivity index (χ1) is 10.2. The summed E-state index contributed by atoms with van der Waals surface area (Å²) >= 11 is 2.98. The van der Waals surface area contributed by atoms with Crippen molar-refractivity contribution in [1.82, 2.24) is 10.2 Å². The molecule has 5 nitrogen and oxygen atoms in total. The Bertz CT molecular complexity index is 603. The average molecular weight is 377 g/mol. The Kier molecular flexibility index (Phi) is 4.69. The summed E-state index contributed by atoms with van der Waals surface area (Å²) in [5.74, 6) is -2.49. The van der Waals surface area contributed by atoms with Gasteiger partial charge in [-0.1, -0.05) is 15.9 Å². The molecule has 2 rings (SSSR count). The molecule has 1 heterocycles. The minimum Gasteiger partial charge on any atom is -0.481 e. The zero-order valence-electron chi connectivity index (χ0n) is 11.8. The number of amides is 2. The van der Waals surface area contributed by atoms with Crippen LogP contribution in [0.2, 0.25) is 0 Å². The number of urea groups is 1. The topological polar surface area (TPSA) is 69.6 Å². The third-order valence-electron chi connectivity index (χ3n) is 3.80. The molecule has 1 fully saturated rings. The fourth-order valence-corrected chi connectivity index (χ4v) is 2.73. The molecule has 1 aromatic rings. The number of hydrogen-bond acceptors (Lipinski definition) is 2. The average Bonchev–Trinajstić information content (AvgIpc) is 2.81. The van der Waals surface area contributed by atoms with Crippen LogP contribution in [0.25, 0.3) is 0 Å². The normalized spacial score (nSPS) is 21.0. The van der Waals surface area contributed by atoms with Gasteiger partial charge < -0.3 is 15.3 Å². The summed E-state index contributed by atoms with van der Waals surface area (Å²) in [6.07, 6.45) is 0.344. The molecule has 0 spiro atoms. The number of benzene rings is 1. The molecule has 2 amide bonds. The number of aliphatic carboxylic acids is 1. The second-order valence-corrected chi connectivity index (χ2v) is 6.46. The molecule has 2 N–H and O–H groups in total. The third kappa shape index (κ3) is 3.37. The van der Waals surface area contributed by atoms with Gasteiger partial charge >= 0.3 is 12.0 Å². The minimum absolute atomic E-state index is 0.0689. The largest absolute Gasteiger partial charge is 0.481 e. The van der Waals surface area contributed by atoms with Crippen molar-refractivity contribution in [3.63, 3.8) is 0 Å². The van der Waals surface area contributed by atoms with E-state index in [1.165, 1.54) is 4.90 Å². The van der Waals surface area contributed by atoms with Crippen LogP contribution in [0.5, 0.6) is 0 Å². The first-order valence-corrected chi connectivity index (χ1v) is 7.42. The summed E-state index contributed by atoms with van der Waals surface area (Å²) < 4.78 is 27.6. The number of carboxylic acids is 1. The summed E-state index contributed by atoms with van der Waals surface area (Å²) in [4.78, 5) is 24.5. The van der Waals surface area contributed by atoms with Crippen molar-refractivity contribution in [2.75, 3.05) is 13.1 Å². The smallest absolute Gasteiger partial charge is 0.317 e. The lowest BCUT2D eigenvalue weighted by Crippen LogP contribution is -2.40. The van der Waals surface area contributed by atoms with Gasteiger partial charge in [0.25, 0.3) is 0 Å². The molecule has 120 valence electrons. The van der Waals surface area contributed by atoms with Crippen LogP contribution in [-0.2, 0) is 11.3 Å². The van der Waals surface area contributed by atoms with Crippen molar-refractivity contribution in [3.8, 4) is 0 Å². The summed E-state index contributed by atoms with van der Waals surface area (Å²) in [5, 5.41) is 11.5. The number of carbonyl (C=O) groups excluding carboxylic acids is 1. The maximum absolute atomic E-state index is 13.7. The van der Waals surface area contributed by atoms with Gasteiger partial charge in [-0.2, -0.15) is 0 Å². The van der Waals surface area contributed by atoms with Crippen LogP contribution >= 0.6 is 15.9 Å². The highest BCUT2D eigenvalue weighted by Crippen LogP contribution is 2.30. The molecule has 1 atom stereocenters. The van der Waals surface area contributed by atoms with E-state index in [0.717, 1.165) is 12.1 Å². The van der Waals surface area contributed by atoms with E-state index in [0.29, 0.717) is 13.0 Å². The molecule has 0 radical (unpaired) electrons. The van der Waals surface area contributed by atoms with Crippen molar-refractivity contribution >= 4 is 27.9 Å². The Hall–Kier alpha value is -1.70. The number of likely N-dealkylation sites (tertiary alicyclic amines) is 1. The first kappa shape index (κ1) is 16.7. The summed E-state index contributed by atoms with van der Waals surface area (Å²) in [6, 6.07) is 1.69. The molecular weight excluding hydrogens is 362 g/mol. The molecule has 1 saturated heterocycles. The Morgan fingerprint density at radius 2 is 2.00 bits per heavy atom. The van der Waals surface area contributed by atoms with Gasteiger partial charge in [0.15, 0.2) is 0 Å². The Morgan fingerprint density at radius 3 is 2.50 bits per heavy atom. The van der Waals surface area contributed by atoms with Crippen LogP contribution in [0.1, 0.15) is 18.9 Å². The predicted octanol–water partition coefficient (Wildman–Crippen LogP) is 2.73. The van der Waals surface area contributed by atoms with Gasteiger partial charge in [-0.3, -0.25) is 4.79 Å². The van der Waals surface area contributed by atoms with E-state index in [-0.39, 0.29) is 23.1 Å². The fourth-order valence-electron chi connectivity index (χ4n) is 2.33. The van der Waals surface area contributed by atoms with Crippen LogP contribution in [0, 0.1) is 17.0 Å². The van der Waals surface area contributed by atoms with Gasteiger partial charge in [-0.05, 0) is 25.5 Å². The van der Waals surface area contributed by atoms with Crippen LogP contribution in [0.15, 0.2) is 16.6 Å². The number of halogens is 3. The molecule has 22 heavy (non-hydrogen) atoms. The lowest BCUT2D eigenvalue weighted by atomic mass is 9.90. The molecule has 8 heteroatoms. The lowest BCUT2D eigenvalue weighted by molar-refractivity contribution is -0.147. The van der Waals surface area contributed by atoms with Gasteiger partial charge in [-0.25, -0.2) is 13.6 Å². The van der Waals surface area contributed by atoms with E-state index in [4.69, 9.17) is 5.11 Å². The number of carbonyl (C=O) groups is 2. The van der Waals surface area contributed by atoms with Crippen molar-refractivity contribution in [2.45, 2.75) is 19.9 Å². The van der Waals surface area contributed by atoms with Crippen LogP contribution in [0.3, 0.4) is 0 Å². The fraction of sp³-hybridized carbons (Fsp3) is 0.429. The summed E-state index contributed by atoms with van der Waals surface area (Å²) in [7, 11) is 0. The van der Waals surface area contributed by atoms with Crippen molar-refractivity contribution in [3.05, 3.63) is 33.8 Å². The molecule has 0 bridgehead atoms. The SMILES string of the molecule is CC1(C(=O)O)CCN(C(=O)NCc2c(F)cc(Br)cc2F)C1. The van der Waals surface area contributed by atoms with Crippen molar-refractivity contribution in [2.24, 2.45) is 5.41 Å². The number of hydrogen-bond donors (Lipinski definition) is 2. The monoisotopic (exact) mass is 376 g/mol. The molecule has 0 aromatic heterocycles. The van der Waals surface area contributed by atoms with Gasteiger partial charge in [0, 0.05) is 23.1 Å². The summed E-state index contributed by atoms with van der Waals surface area (Å²) in [6.45, 7) is 1.63. The van der Waals surface area contributed by atoms with E-state index < -0.39 is 29.0 Å². The maximum Gasteiger partial charge on any atom is 0.317 e. The highest BCUT2D eigenvalue weighted by Gasteiger charge is 2.42. The van der Waals surface area contributed by atoms with Gasteiger partial charge in [0.05, 0.1) is 12.0 Å². The number of rotatable bonds is 3. The zero-order chi connectivity index (χ0) is 16.5. The van der Waals surface area contributed by atoms with E-state index in [1.54, 1.807) is 6.92 Å². The Morgan fingerprint density at radius 1 is 1.41 bits per heavy atom. The maximum atomic E-state index is 13.7. The Labute approximate surface area is 134 Å². The van der Waals surface area contributed by atoms with Gasteiger partial charge in [-0.15, -0.1) is 0 Å². The predicted molar refractivity (Wildman–Crippen MR) is 78.2 cm³/mol.